The molecule has 0 saturated carbocycles. The molecule has 1 unspecified atom stereocenters. The predicted octanol–water partition coefficient (Wildman–Crippen LogP) is 3.90. The summed E-state index contributed by atoms with van der Waals surface area (Å²) in [5.74, 6) is -0.916. The highest BCUT2D eigenvalue weighted by atomic mass is 19.1. The number of unbranched alkanes of at least 4 members (excludes halogenated alkanes) is 3. The number of guanidine groups is 1. The Kier molecular flexibility index (Phi) is 8.54. The summed E-state index contributed by atoms with van der Waals surface area (Å²) in [5.41, 5.74) is 0.118. The lowest BCUT2D eigenvalue weighted by Crippen LogP contribution is -2.28. The lowest BCUT2D eigenvalue weighted by atomic mass is 10.00. The Hall–Kier alpha value is -3.48. The molecule has 2 N–H and O–H groups in total. The van der Waals surface area contributed by atoms with E-state index >= 15 is 0 Å². The minimum absolute atomic E-state index is 0.0389. The third-order valence-corrected chi connectivity index (χ3v) is 5.30. The molecule has 3 rings (SSSR count). The molecular weight excluding hydrogens is 418 g/mol. The van der Waals surface area contributed by atoms with Gasteiger partial charge in [0, 0.05) is 37.5 Å². The maximum absolute atomic E-state index is 13.2. The Morgan fingerprint density at radius 2 is 2.06 bits per heavy atom. The van der Waals surface area contributed by atoms with Crippen LogP contribution in [0.15, 0.2) is 39.9 Å². The minimum Gasteiger partial charge on any atom is -0.459 e. The summed E-state index contributed by atoms with van der Waals surface area (Å²) in [6.07, 6.45) is 9.28. The zero-order chi connectivity index (χ0) is 22.8. The second kappa shape index (κ2) is 11.8. The van der Waals surface area contributed by atoms with Gasteiger partial charge in [-0.15, -0.1) is 0 Å². The fourth-order valence-corrected chi connectivity index (χ4v) is 3.74. The van der Waals surface area contributed by atoms with Gasteiger partial charge >= 0.3 is 0 Å². The fraction of sp³-hybridized carbons (Fsp3) is 0.455. The highest BCUT2D eigenvalue weighted by molar-refractivity contribution is 5.94. The summed E-state index contributed by atoms with van der Waals surface area (Å²) in [7, 11) is 0. The van der Waals surface area contributed by atoms with E-state index in [0.717, 1.165) is 63.7 Å². The molecule has 10 heteroatoms. The summed E-state index contributed by atoms with van der Waals surface area (Å²) in [4.78, 5) is 21.4. The molecule has 1 aliphatic rings. The van der Waals surface area contributed by atoms with Gasteiger partial charge in [0.2, 0.25) is 17.9 Å². The molecule has 0 radical (unpaired) electrons. The standard InChI is InChI=1S/C22H26F2N6O2/c23-19-12-17(13-20(24)29-19)28-22(27-15-25)26-9-4-2-1-3-6-16-8-10-30(14-16)21(31)18-7-5-11-32-18/h5,7,11-13,16H,1-4,6,8-10,14H2,(H2,26,27,28,29). The van der Waals surface area contributed by atoms with Crippen LogP contribution in [0.25, 0.3) is 0 Å². The molecule has 1 fully saturated rings. The summed E-state index contributed by atoms with van der Waals surface area (Å²) in [6, 6.07) is 5.45. The van der Waals surface area contributed by atoms with Crippen LogP contribution in [0, 0.1) is 29.3 Å². The molecule has 1 saturated heterocycles. The number of likely N-dealkylation sites (tertiary alicyclic amines) is 1. The minimum atomic E-state index is -0.959. The van der Waals surface area contributed by atoms with Gasteiger partial charge < -0.3 is 14.6 Å². The fourth-order valence-electron chi connectivity index (χ4n) is 3.74. The van der Waals surface area contributed by atoms with Gasteiger partial charge in [-0.1, -0.05) is 19.3 Å². The molecule has 2 aromatic rings. The number of aliphatic imine (C=N–C) groups is 1. The second-order valence-corrected chi connectivity index (χ2v) is 7.68. The molecule has 3 heterocycles. The second-order valence-electron chi connectivity index (χ2n) is 7.68. The van der Waals surface area contributed by atoms with Crippen molar-refractivity contribution in [2.45, 2.75) is 38.5 Å². The number of pyridine rings is 1. The maximum atomic E-state index is 13.2. The van der Waals surface area contributed by atoms with Crippen molar-refractivity contribution in [1.82, 2.24) is 15.2 Å². The number of carbonyl (C=O) groups is 1. The lowest BCUT2D eigenvalue weighted by molar-refractivity contribution is 0.0754. The van der Waals surface area contributed by atoms with E-state index in [1.165, 1.54) is 6.26 Å². The molecule has 2 aromatic heterocycles. The average molecular weight is 444 g/mol. The van der Waals surface area contributed by atoms with E-state index in [9.17, 15) is 13.6 Å². The third kappa shape index (κ3) is 7.04. The molecule has 8 nitrogen and oxygen atoms in total. The number of nitrogens with one attached hydrogen (secondary N) is 2. The molecule has 32 heavy (non-hydrogen) atoms. The van der Waals surface area contributed by atoms with Crippen LogP contribution < -0.4 is 10.6 Å². The predicted molar refractivity (Wildman–Crippen MR) is 115 cm³/mol. The van der Waals surface area contributed by atoms with Crippen molar-refractivity contribution in [1.29, 1.82) is 5.26 Å². The number of rotatable bonds is 9. The number of halogens is 2. The number of hydrogen-bond acceptors (Lipinski definition) is 5. The van der Waals surface area contributed by atoms with E-state index in [1.807, 2.05) is 4.90 Å². The molecule has 0 aromatic carbocycles. The van der Waals surface area contributed by atoms with Crippen LogP contribution in [0.5, 0.6) is 0 Å². The lowest BCUT2D eigenvalue weighted by Gasteiger charge is -2.15. The summed E-state index contributed by atoms with van der Waals surface area (Å²) in [6.45, 7) is 2.02. The van der Waals surface area contributed by atoms with Crippen molar-refractivity contribution in [3.05, 3.63) is 48.2 Å². The first-order valence-electron chi connectivity index (χ1n) is 10.7. The summed E-state index contributed by atoms with van der Waals surface area (Å²) in [5, 5.41) is 13.9. The number of amides is 1. The van der Waals surface area contributed by atoms with Gasteiger partial charge in [0.15, 0.2) is 12.0 Å². The quantitative estimate of drug-likeness (QED) is 0.152. The molecule has 0 bridgehead atoms. The van der Waals surface area contributed by atoms with Crippen LogP contribution in [0.3, 0.4) is 0 Å². The smallest absolute Gasteiger partial charge is 0.289 e. The highest BCUT2D eigenvalue weighted by Crippen LogP contribution is 2.24. The average Bonchev–Trinajstić information content (AvgIpc) is 3.44. The van der Waals surface area contributed by atoms with E-state index < -0.39 is 11.9 Å². The first-order valence-corrected chi connectivity index (χ1v) is 10.7. The van der Waals surface area contributed by atoms with E-state index in [2.05, 4.69) is 20.6 Å². The summed E-state index contributed by atoms with van der Waals surface area (Å²) >= 11 is 0. The Bertz CT molecular complexity index is 938. The van der Waals surface area contributed by atoms with Crippen LogP contribution in [-0.2, 0) is 0 Å². The van der Waals surface area contributed by atoms with Crippen LogP contribution in [0.2, 0.25) is 0 Å². The van der Waals surface area contributed by atoms with Gasteiger partial charge in [-0.3, -0.25) is 15.1 Å². The first-order chi connectivity index (χ1) is 15.5. The Labute approximate surface area is 185 Å². The van der Waals surface area contributed by atoms with Crippen LogP contribution in [0.1, 0.15) is 49.1 Å². The van der Waals surface area contributed by atoms with Crippen molar-refractivity contribution in [2.24, 2.45) is 10.9 Å². The van der Waals surface area contributed by atoms with Gasteiger partial charge in [-0.05, 0) is 37.3 Å². The van der Waals surface area contributed by atoms with Crippen LogP contribution in [-0.4, -0.2) is 41.4 Å². The zero-order valence-electron chi connectivity index (χ0n) is 17.7. The van der Waals surface area contributed by atoms with Crippen molar-refractivity contribution >= 4 is 17.6 Å². The topological polar surface area (TPSA) is 107 Å². The Morgan fingerprint density at radius 1 is 1.28 bits per heavy atom. The maximum Gasteiger partial charge on any atom is 0.289 e. The van der Waals surface area contributed by atoms with Crippen molar-refractivity contribution in [3.63, 3.8) is 0 Å². The Balaban J connectivity index is 1.32. The zero-order valence-corrected chi connectivity index (χ0v) is 17.7. The summed E-state index contributed by atoms with van der Waals surface area (Å²) < 4.78 is 31.6. The molecular formula is C22H26F2N6O2. The number of nitrogens with zero attached hydrogens (tertiary/aromatic N) is 4. The number of hydrogen-bond donors (Lipinski definition) is 2. The van der Waals surface area contributed by atoms with Gasteiger partial charge in [0.05, 0.1) is 6.26 Å². The molecule has 1 amide bonds. The largest absolute Gasteiger partial charge is 0.459 e. The van der Waals surface area contributed by atoms with Crippen LogP contribution in [0.4, 0.5) is 14.5 Å². The molecule has 1 aliphatic heterocycles. The van der Waals surface area contributed by atoms with Crippen molar-refractivity contribution in [2.75, 3.05) is 25.0 Å². The Morgan fingerprint density at radius 3 is 2.78 bits per heavy atom. The van der Waals surface area contributed by atoms with E-state index in [1.54, 1.807) is 18.3 Å². The molecule has 170 valence electrons. The number of anilines is 1. The third-order valence-electron chi connectivity index (χ3n) is 5.30. The monoisotopic (exact) mass is 444 g/mol. The number of furan rings is 1. The highest BCUT2D eigenvalue weighted by Gasteiger charge is 2.27. The first kappa shape index (κ1) is 23.2. The number of aromatic nitrogens is 1. The molecule has 1 atom stereocenters. The number of nitriles is 1. The van der Waals surface area contributed by atoms with Gasteiger partial charge in [0.1, 0.15) is 0 Å². The van der Waals surface area contributed by atoms with Gasteiger partial charge in [-0.2, -0.15) is 19.0 Å². The molecule has 0 aliphatic carbocycles. The SMILES string of the molecule is N#CNC(=NCCCCCCC1CCN(C(=O)c2ccco2)C1)Nc1cc(F)nc(F)c1. The van der Waals surface area contributed by atoms with Crippen molar-refractivity contribution in [3.8, 4) is 6.19 Å². The number of carbonyl (C=O) groups excluding carboxylic acids is 1. The van der Waals surface area contributed by atoms with E-state index in [-0.39, 0.29) is 17.6 Å². The van der Waals surface area contributed by atoms with E-state index in [0.29, 0.717) is 18.2 Å². The van der Waals surface area contributed by atoms with Gasteiger partial charge in [0.25, 0.3) is 5.91 Å². The molecule has 0 spiro atoms. The van der Waals surface area contributed by atoms with Crippen LogP contribution >= 0.6 is 0 Å². The van der Waals surface area contributed by atoms with E-state index in [4.69, 9.17) is 9.68 Å². The van der Waals surface area contributed by atoms with Crippen molar-refractivity contribution < 1.29 is 18.0 Å². The van der Waals surface area contributed by atoms with Gasteiger partial charge in [-0.25, -0.2) is 0 Å². The normalized spacial score (nSPS) is 16.1.